The molecule has 0 aliphatic carbocycles. The average molecular weight is 282 g/mol. The van der Waals surface area contributed by atoms with Crippen LogP contribution in [0.4, 0.5) is 18.9 Å². The lowest BCUT2D eigenvalue weighted by Crippen LogP contribution is -2.12. The topological polar surface area (TPSA) is 62.0 Å². The molecule has 0 spiro atoms. The molecule has 0 radical (unpaired) electrons. The molecule has 1 aromatic heterocycles. The van der Waals surface area contributed by atoms with Crippen molar-refractivity contribution in [3.8, 4) is 0 Å². The molecule has 1 amide bonds. The van der Waals surface area contributed by atoms with Gasteiger partial charge >= 0.3 is 6.18 Å². The van der Waals surface area contributed by atoms with Gasteiger partial charge in [-0.15, -0.1) is 0 Å². The quantitative estimate of drug-likeness (QED) is 0.850. The highest BCUT2D eigenvalue weighted by atomic mass is 19.4. The van der Waals surface area contributed by atoms with Crippen molar-refractivity contribution in [3.05, 3.63) is 53.3 Å². The number of H-pyrrole nitrogens is 1. The van der Waals surface area contributed by atoms with Gasteiger partial charge in [-0.05, 0) is 30.3 Å². The number of aromatic nitrogens is 1. The fraction of sp³-hybridized carbons (Fsp3) is 0.0769. The normalized spacial score (nSPS) is 11.2. The lowest BCUT2D eigenvalue weighted by atomic mass is 10.2. The molecule has 7 heteroatoms. The summed E-state index contributed by atoms with van der Waals surface area (Å²) >= 11 is 0. The first-order valence-electron chi connectivity index (χ1n) is 5.52. The zero-order valence-corrected chi connectivity index (χ0v) is 9.99. The van der Waals surface area contributed by atoms with Crippen LogP contribution in [-0.4, -0.2) is 17.2 Å². The maximum absolute atomic E-state index is 12.4. The third-order valence-electron chi connectivity index (χ3n) is 2.56. The smallest absolute Gasteiger partial charge is 0.356 e. The minimum Gasteiger partial charge on any atom is -0.356 e. The van der Waals surface area contributed by atoms with E-state index in [2.05, 4.69) is 10.3 Å². The molecule has 1 heterocycles. The van der Waals surface area contributed by atoms with Gasteiger partial charge in [0.25, 0.3) is 5.91 Å². The van der Waals surface area contributed by atoms with E-state index in [0.717, 1.165) is 24.3 Å². The number of hydrogen-bond donors (Lipinski definition) is 2. The Labute approximate surface area is 111 Å². The monoisotopic (exact) mass is 282 g/mol. The van der Waals surface area contributed by atoms with Crippen molar-refractivity contribution < 1.29 is 22.8 Å². The lowest BCUT2D eigenvalue weighted by Gasteiger charge is -2.08. The van der Waals surface area contributed by atoms with Crippen molar-refractivity contribution in [3.63, 3.8) is 0 Å². The van der Waals surface area contributed by atoms with Crippen molar-refractivity contribution in [2.75, 3.05) is 5.32 Å². The van der Waals surface area contributed by atoms with Crippen LogP contribution in [-0.2, 0) is 6.18 Å². The van der Waals surface area contributed by atoms with E-state index < -0.39 is 17.6 Å². The van der Waals surface area contributed by atoms with Gasteiger partial charge in [0.2, 0.25) is 0 Å². The van der Waals surface area contributed by atoms with Crippen LogP contribution in [0, 0.1) is 0 Å². The minimum absolute atomic E-state index is 0.145. The molecule has 0 atom stereocenters. The third kappa shape index (κ3) is 3.05. The van der Waals surface area contributed by atoms with Crippen LogP contribution in [0.2, 0.25) is 0 Å². The number of benzene rings is 1. The predicted octanol–water partition coefficient (Wildman–Crippen LogP) is 3.10. The minimum atomic E-state index is -4.42. The van der Waals surface area contributed by atoms with E-state index in [1.807, 2.05) is 0 Å². The molecule has 0 aliphatic heterocycles. The second kappa shape index (κ2) is 5.20. The summed E-state index contributed by atoms with van der Waals surface area (Å²) in [6.45, 7) is 0. The molecular formula is C13H9F3N2O2. The Bertz CT molecular complexity index is 630. The second-order valence-corrected chi connectivity index (χ2v) is 3.99. The molecule has 20 heavy (non-hydrogen) atoms. The summed E-state index contributed by atoms with van der Waals surface area (Å²) in [6, 6.07) is 5.41. The highest BCUT2D eigenvalue weighted by molar-refractivity contribution is 6.03. The van der Waals surface area contributed by atoms with Crippen LogP contribution < -0.4 is 5.32 Å². The standard InChI is InChI=1S/C13H9F3N2O2/c14-13(15,16)9-1-3-10(4-2-9)18-12(20)11-5-8(7-19)6-17-11/h1-7,17H,(H,18,20). The van der Waals surface area contributed by atoms with Gasteiger partial charge in [-0.2, -0.15) is 13.2 Å². The summed E-state index contributed by atoms with van der Waals surface area (Å²) < 4.78 is 37.1. The van der Waals surface area contributed by atoms with Crippen molar-refractivity contribution in [2.24, 2.45) is 0 Å². The molecule has 4 nitrogen and oxygen atoms in total. The molecule has 0 unspecified atom stereocenters. The van der Waals surface area contributed by atoms with Gasteiger partial charge in [-0.3, -0.25) is 9.59 Å². The summed E-state index contributed by atoms with van der Waals surface area (Å²) in [5, 5.41) is 2.42. The number of carbonyl (C=O) groups excluding carboxylic acids is 2. The molecule has 104 valence electrons. The maximum Gasteiger partial charge on any atom is 0.416 e. The van der Waals surface area contributed by atoms with E-state index in [9.17, 15) is 22.8 Å². The second-order valence-electron chi connectivity index (χ2n) is 3.99. The molecule has 2 N–H and O–H groups in total. The number of nitrogens with one attached hydrogen (secondary N) is 2. The van der Waals surface area contributed by atoms with E-state index in [1.165, 1.54) is 12.3 Å². The summed E-state index contributed by atoms with van der Waals surface area (Å²) in [6.07, 6.45) is -2.49. The summed E-state index contributed by atoms with van der Waals surface area (Å²) in [4.78, 5) is 24.8. The number of carbonyl (C=O) groups is 2. The highest BCUT2D eigenvalue weighted by Crippen LogP contribution is 2.29. The Balaban J connectivity index is 2.10. The number of hydrogen-bond acceptors (Lipinski definition) is 2. The molecule has 0 fully saturated rings. The summed E-state index contributed by atoms with van der Waals surface area (Å²) in [7, 11) is 0. The zero-order chi connectivity index (χ0) is 14.8. The van der Waals surface area contributed by atoms with Crippen LogP contribution in [0.3, 0.4) is 0 Å². The van der Waals surface area contributed by atoms with Crippen molar-refractivity contribution in [1.82, 2.24) is 4.98 Å². The Hall–Kier alpha value is -2.57. The number of amides is 1. The van der Waals surface area contributed by atoms with E-state index in [1.54, 1.807) is 0 Å². The molecular weight excluding hydrogens is 273 g/mol. The summed E-state index contributed by atoms with van der Waals surface area (Å²) in [5.41, 5.74) is -0.113. The number of halogens is 3. The predicted molar refractivity (Wildman–Crippen MR) is 65.6 cm³/mol. The average Bonchev–Trinajstić information content (AvgIpc) is 2.87. The number of aromatic amines is 1. The first-order chi connectivity index (χ1) is 9.40. The first kappa shape index (κ1) is 13.9. The van der Waals surface area contributed by atoms with Crippen LogP contribution in [0.15, 0.2) is 36.5 Å². The first-order valence-corrected chi connectivity index (χ1v) is 5.52. The van der Waals surface area contributed by atoms with Gasteiger partial charge in [0, 0.05) is 17.4 Å². The molecule has 0 bridgehead atoms. The Kier molecular flexibility index (Phi) is 3.60. The number of alkyl halides is 3. The third-order valence-corrected chi connectivity index (χ3v) is 2.56. The van der Waals surface area contributed by atoms with Crippen LogP contribution >= 0.6 is 0 Å². The largest absolute Gasteiger partial charge is 0.416 e. The summed E-state index contributed by atoms with van der Waals surface area (Å²) in [5.74, 6) is -0.544. The Morgan fingerprint density at radius 1 is 1.20 bits per heavy atom. The van der Waals surface area contributed by atoms with E-state index in [-0.39, 0.29) is 11.4 Å². The Morgan fingerprint density at radius 2 is 1.85 bits per heavy atom. The van der Waals surface area contributed by atoms with Gasteiger partial charge in [0.15, 0.2) is 6.29 Å². The van der Waals surface area contributed by atoms with Crippen LogP contribution in [0.25, 0.3) is 0 Å². The molecule has 2 rings (SSSR count). The fourth-order valence-corrected chi connectivity index (χ4v) is 1.55. The molecule has 0 saturated heterocycles. The van der Waals surface area contributed by atoms with Crippen molar-refractivity contribution in [1.29, 1.82) is 0 Å². The van der Waals surface area contributed by atoms with E-state index in [4.69, 9.17) is 0 Å². The SMILES string of the molecule is O=Cc1c[nH]c(C(=O)Nc2ccc(C(F)(F)F)cc2)c1. The molecule has 0 saturated carbocycles. The number of rotatable bonds is 3. The Morgan fingerprint density at radius 3 is 2.35 bits per heavy atom. The molecule has 1 aromatic carbocycles. The molecule has 0 aliphatic rings. The number of anilines is 1. The van der Waals surface area contributed by atoms with Crippen LogP contribution in [0.5, 0.6) is 0 Å². The van der Waals surface area contributed by atoms with Crippen molar-refractivity contribution >= 4 is 17.9 Å². The van der Waals surface area contributed by atoms with Gasteiger partial charge in [0.1, 0.15) is 5.69 Å². The van der Waals surface area contributed by atoms with Gasteiger partial charge in [0.05, 0.1) is 5.56 Å². The van der Waals surface area contributed by atoms with Gasteiger partial charge in [-0.25, -0.2) is 0 Å². The van der Waals surface area contributed by atoms with Crippen molar-refractivity contribution in [2.45, 2.75) is 6.18 Å². The highest BCUT2D eigenvalue weighted by Gasteiger charge is 2.29. The fourth-order valence-electron chi connectivity index (χ4n) is 1.55. The zero-order valence-electron chi connectivity index (χ0n) is 9.99. The van der Waals surface area contributed by atoms with E-state index in [0.29, 0.717) is 11.8 Å². The number of aldehydes is 1. The van der Waals surface area contributed by atoms with Gasteiger partial charge < -0.3 is 10.3 Å². The maximum atomic E-state index is 12.4. The van der Waals surface area contributed by atoms with E-state index >= 15 is 0 Å². The lowest BCUT2D eigenvalue weighted by molar-refractivity contribution is -0.137. The van der Waals surface area contributed by atoms with Gasteiger partial charge in [-0.1, -0.05) is 0 Å². The van der Waals surface area contributed by atoms with Crippen LogP contribution in [0.1, 0.15) is 26.4 Å². The molecule has 2 aromatic rings.